The van der Waals surface area contributed by atoms with E-state index in [1.807, 2.05) is 12.1 Å². The minimum Gasteiger partial charge on any atom is -0.480 e. The van der Waals surface area contributed by atoms with Gasteiger partial charge in [-0.15, -0.1) is 11.8 Å². The lowest BCUT2D eigenvalue weighted by molar-refractivity contribution is -0.147. The second kappa shape index (κ2) is 7.84. The van der Waals surface area contributed by atoms with Crippen LogP contribution < -0.4 is 0 Å². The summed E-state index contributed by atoms with van der Waals surface area (Å²) in [7, 11) is 1.54. The average molecular weight is 337 g/mol. The number of thioether (sulfide) groups is 1. The molecule has 0 spiro atoms. The second-order valence-corrected chi connectivity index (χ2v) is 7.05. The molecule has 1 fully saturated rings. The zero-order valence-electron chi connectivity index (χ0n) is 13.7. The minimum atomic E-state index is -0.968. The lowest BCUT2D eigenvalue weighted by atomic mass is 10.0. The summed E-state index contributed by atoms with van der Waals surface area (Å²) in [5.41, 5.74) is 1.26. The van der Waals surface area contributed by atoms with Gasteiger partial charge in [-0.05, 0) is 23.6 Å². The predicted octanol–water partition coefficient (Wildman–Crippen LogP) is 2.60. The van der Waals surface area contributed by atoms with E-state index in [-0.39, 0.29) is 17.8 Å². The predicted molar refractivity (Wildman–Crippen MR) is 89.8 cm³/mol. The molecule has 1 amide bonds. The van der Waals surface area contributed by atoms with Crippen molar-refractivity contribution in [2.75, 3.05) is 19.4 Å². The molecule has 1 saturated heterocycles. The average Bonchev–Trinajstić information content (AvgIpc) is 2.97. The summed E-state index contributed by atoms with van der Waals surface area (Å²) in [6.45, 7) is 4.62. The fourth-order valence-corrected chi connectivity index (χ4v) is 3.44. The van der Waals surface area contributed by atoms with Crippen molar-refractivity contribution in [1.29, 1.82) is 0 Å². The number of carbonyl (C=O) groups excluding carboxylic acids is 1. The van der Waals surface area contributed by atoms with Crippen LogP contribution >= 0.6 is 11.8 Å². The molecule has 5 nitrogen and oxygen atoms in total. The molecule has 0 saturated carbocycles. The Kier molecular flexibility index (Phi) is 6.07. The number of carboxylic acids is 1. The Morgan fingerprint density at radius 2 is 2.00 bits per heavy atom. The standard InChI is InChI=1S/C17H23NO4S/c1-11(2)12-4-6-14(7-5-12)23-10-16(19)18-9-13(22-3)8-15(18)17(20)21/h4-7,11,13,15H,8-10H2,1-3H3,(H,20,21). The van der Waals surface area contributed by atoms with Gasteiger partial charge in [-0.1, -0.05) is 26.0 Å². The van der Waals surface area contributed by atoms with E-state index in [2.05, 4.69) is 26.0 Å². The Balaban J connectivity index is 1.94. The van der Waals surface area contributed by atoms with E-state index in [4.69, 9.17) is 4.74 Å². The molecule has 1 aliphatic heterocycles. The minimum absolute atomic E-state index is 0.158. The summed E-state index contributed by atoms with van der Waals surface area (Å²) >= 11 is 1.43. The summed E-state index contributed by atoms with van der Waals surface area (Å²) < 4.78 is 5.21. The van der Waals surface area contributed by atoms with Gasteiger partial charge in [-0.2, -0.15) is 0 Å². The molecule has 2 atom stereocenters. The first-order valence-corrected chi connectivity index (χ1v) is 8.68. The van der Waals surface area contributed by atoms with Gasteiger partial charge >= 0.3 is 5.97 Å². The monoisotopic (exact) mass is 337 g/mol. The third-order valence-electron chi connectivity index (χ3n) is 4.11. The Hall–Kier alpha value is -1.53. The third-order valence-corrected chi connectivity index (χ3v) is 5.11. The fraction of sp³-hybridized carbons (Fsp3) is 0.529. The zero-order chi connectivity index (χ0) is 17.0. The Bertz CT molecular complexity index is 558. The highest BCUT2D eigenvalue weighted by Crippen LogP contribution is 2.25. The number of amides is 1. The van der Waals surface area contributed by atoms with Crippen molar-refractivity contribution in [3.63, 3.8) is 0 Å². The highest BCUT2D eigenvalue weighted by atomic mass is 32.2. The van der Waals surface area contributed by atoms with Crippen LogP contribution in [-0.4, -0.2) is 53.4 Å². The number of methoxy groups -OCH3 is 1. The van der Waals surface area contributed by atoms with Crippen LogP contribution in [0.1, 0.15) is 31.7 Å². The van der Waals surface area contributed by atoms with Gasteiger partial charge in [0.05, 0.1) is 11.9 Å². The molecule has 0 aromatic heterocycles. The first kappa shape index (κ1) is 17.8. The van der Waals surface area contributed by atoms with Crippen molar-refractivity contribution in [3.05, 3.63) is 29.8 Å². The van der Waals surface area contributed by atoms with Crippen LogP contribution in [0.4, 0.5) is 0 Å². The number of carbonyl (C=O) groups is 2. The molecular formula is C17H23NO4S. The van der Waals surface area contributed by atoms with Gasteiger partial charge in [0.15, 0.2) is 0 Å². The molecule has 1 aliphatic rings. The van der Waals surface area contributed by atoms with Gasteiger partial charge in [0, 0.05) is 25.0 Å². The molecule has 1 N–H and O–H groups in total. The largest absolute Gasteiger partial charge is 0.480 e. The first-order chi connectivity index (χ1) is 10.9. The van der Waals surface area contributed by atoms with Gasteiger partial charge in [0.1, 0.15) is 6.04 Å². The molecule has 0 bridgehead atoms. The summed E-state index contributed by atoms with van der Waals surface area (Å²) in [6.07, 6.45) is 0.154. The van der Waals surface area contributed by atoms with E-state index in [0.717, 1.165) is 4.90 Å². The SMILES string of the molecule is COC1CC(C(=O)O)N(C(=O)CSc2ccc(C(C)C)cc2)C1. The summed E-state index contributed by atoms with van der Waals surface area (Å²) in [6, 6.07) is 7.35. The van der Waals surface area contributed by atoms with E-state index >= 15 is 0 Å². The highest BCUT2D eigenvalue weighted by Gasteiger charge is 2.39. The number of likely N-dealkylation sites (tertiary alicyclic amines) is 1. The summed E-state index contributed by atoms with van der Waals surface area (Å²) in [5.74, 6) is -0.414. The second-order valence-electron chi connectivity index (χ2n) is 6.01. The number of ether oxygens (including phenoxy) is 1. The molecule has 2 unspecified atom stereocenters. The fourth-order valence-electron chi connectivity index (χ4n) is 2.65. The molecule has 6 heteroatoms. The van der Waals surface area contributed by atoms with Gasteiger partial charge in [0.25, 0.3) is 0 Å². The lowest BCUT2D eigenvalue weighted by Gasteiger charge is -2.21. The summed E-state index contributed by atoms with van der Waals surface area (Å²) in [4.78, 5) is 26.1. The van der Waals surface area contributed by atoms with Crippen LogP contribution in [0.5, 0.6) is 0 Å². The van der Waals surface area contributed by atoms with Crippen molar-refractivity contribution in [1.82, 2.24) is 4.90 Å². The van der Waals surface area contributed by atoms with Crippen molar-refractivity contribution < 1.29 is 19.4 Å². The molecule has 2 rings (SSSR count). The quantitative estimate of drug-likeness (QED) is 0.808. The lowest BCUT2D eigenvalue weighted by Crippen LogP contribution is -2.41. The van der Waals surface area contributed by atoms with Gasteiger partial charge in [0.2, 0.25) is 5.91 Å². The van der Waals surface area contributed by atoms with Gasteiger partial charge in [-0.3, -0.25) is 4.79 Å². The maximum atomic E-state index is 12.4. The molecule has 1 aromatic rings. The van der Waals surface area contributed by atoms with Crippen molar-refractivity contribution in [2.45, 2.75) is 43.2 Å². The Morgan fingerprint density at radius 1 is 1.35 bits per heavy atom. The van der Waals surface area contributed by atoms with Crippen LogP contribution in [0.2, 0.25) is 0 Å². The number of rotatable bonds is 6. The molecule has 0 aliphatic carbocycles. The molecule has 0 radical (unpaired) electrons. The van der Waals surface area contributed by atoms with Crippen LogP contribution in [0.3, 0.4) is 0 Å². The van der Waals surface area contributed by atoms with Crippen molar-refractivity contribution in [2.24, 2.45) is 0 Å². The first-order valence-electron chi connectivity index (χ1n) is 7.70. The number of hydrogen-bond donors (Lipinski definition) is 1. The number of aliphatic carboxylic acids is 1. The van der Waals surface area contributed by atoms with E-state index in [9.17, 15) is 14.7 Å². The molecule has 1 aromatic carbocycles. The van der Waals surface area contributed by atoms with E-state index < -0.39 is 12.0 Å². The molecule has 1 heterocycles. The van der Waals surface area contributed by atoms with Crippen LogP contribution in [-0.2, 0) is 14.3 Å². The third kappa shape index (κ3) is 4.48. The summed E-state index contributed by atoms with van der Waals surface area (Å²) in [5, 5.41) is 9.26. The molecule has 126 valence electrons. The van der Waals surface area contributed by atoms with E-state index in [1.165, 1.54) is 22.2 Å². The number of carboxylic acid groups (broad SMARTS) is 1. The molecular weight excluding hydrogens is 314 g/mol. The number of hydrogen-bond acceptors (Lipinski definition) is 4. The number of nitrogens with zero attached hydrogens (tertiary/aromatic N) is 1. The smallest absolute Gasteiger partial charge is 0.326 e. The van der Waals surface area contributed by atoms with Crippen LogP contribution in [0.15, 0.2) is 29.2 Å². The van der Waals surface area contributed by atoms with Crippen LogP contribution in [0, 0.1) is 0 Å². The van der Waals surface area contributed by atoms with Crippen molar-refractivity contribution >= 4 is 23.6 Å². The van der Waals surface area contributed by atoms with Crippen molar-refractivity contribution in [3.8, 4) is 0 Å². The topological polar surface area (TPSA) is 66.8 Å². The Morgan fingerprint density at radius 3 is 2.52 bits per heavy atom. The Labute approximate surface area is 141 Å². The van der Waals surface area contributed by atoms with Crippen LogP contribution in [0.25, 0.3) is 0 Å². The number of benzene rings is 1. The maximum absolute atomic E-state index is 12.4. The van der Waals surface area contributed by atoms with E-state index in [0.29, 0.717) is 18.9 Å². The molecule has 23 heavy (non-hydrogen) atoms. The van der Waals surface area contributed by atoms with E-state index in [1.54, 1.807) is 7.11 Å². The highest BCUT2D eigenvalue weighted by molar-refractivity contribution is 8.00. The normalized spacial score (nSPS) is 21.0. The zero-order valence-corrected chi connectivity index (χ0v) is 14.5. The maximum Gasteiger partial charge on any atom is 0.326 e. The van der Waals surface area contributed by atoms with Gasteiger partial charge < -0.3 is 14.7 Å². The van der Waals surface area contributed by atoms with Gasteiger partial charge in [-0.25, -0.2) is 4.79 Å².